The van der Waals surface area contributed by atoms with E-state index in [2.05, 4.69) is 4.90 Å². The molecule has 2 N–H and O–H groups in total. The van der Waals surface area contributed by atoms with E-state index in [1.807, 2.05) is 30.3 Å². The van der Waals surface area contributed by atoms with Crippen LogP contribution in [0, 0.1) is 0 Å². The fourth-order valence-electron chi connectivity index (χ4n) is 1.12. The molecule has 0 unspecified atom stereocenters. The number of aliphatic carboxylic acids is 1. The Kier molecular flexibility index (Phi) is 3.85. The van der Waals surface area contributed by atoms with Crippen LogP contribution in [0.4, 0.5) is 0 Å². The zero-order valence-electron chi connectivity index (χ0n) is 7.50. The molecule has 1 aromatic carbocycles. The average Bonchev–Trinajstić information content (AvgIpc) is 2.18. The molecule has 0 fully saturated rings. The Bertz CT molecular complexity index is 326. The summed E-state index contributed by atoms with van der Waals surface area (Å²) in [7, 11) is 0.529. The second-order valence-corrected chi connectivity index (χ2v) is 2.81. The van der Waals surface area contributed by atoms with E-state index in [0.29, 0.717) is 7.27 Å². The van der Waals surface area contributed by atoms with Crippen molar-refractivity contribution in [3.05, 3.63) is 35.9 Å². The third kappa shape index (κ3) is 3.01. The van der Waals surface area contributed by atoms with Crippen molar-refractivity contribution < 1.29 is 14.9 Å². The van der Waals surface area contributed by atoms with Crippen molar-refractivity contribution in [1.82, 2.24) is 0 Å². The molecule has 1 atom stereocenters. The molecule has 0 amide bonds. The third-order valence-electron chi connectivity index (χ3n) is 1.80. The van der Waals surface area contributed by atoms with Crippen LogP contribution in [0.15, 0.2) is 35.2 Å². The van der Waals surface area contributed by atoms with Crippen LogP contribution in [0.5, 0.6) is 0 Å². The molecule has 0 radical (unpaired) electrons. The molecule has 1 rings (SSSR count). The number of carboxylic acids is 1. The zero-order chi connectivity index (χ0) is 10.4. The average molecular weight is 191 g/mol. The maximum atomic E-state index is 10.7. The Morgan fingerprint density at radius 3 is 2.57 bits per heavy atom. The number of rotatable bonds is 4. The van der Waals surface area contributed by atoms with Gasteiger partial charge in [0.15, 0.2) is 0 Å². The Balaban J connectivity index is 2.70. The van der Waals surface area contributed by atoms with Crippen LogP contribution in [-0.2, 0) is 11.2 Å². The van der Waals surface area contributed by atoms with E-state index < -0.39 is 12.0 Å². The Morgan fingerprint density at radius 1 is 1.43 bits per heavy atom. The first-order valence-corrected chi connectivity index (χ1v) is 4.16. The third-order valence-corrected chi connectivity index (χ3v) is 1.80. The molecule has 0 aliphatic rings. The number of carboxylic acid groups (broad SMARTS) is 1. The van der Waals surface area contributed by atoms with Gasteiger partial charge in [0, 0.05) is 0 Å². The van der Waals surface area contributed by atoms with Gasteiger partial charge < -0.3 is 0 Å². The fourth-order valence-corrected chi connectivity index (χ4v) is 1.12. The van der Waals surface area contributed by atoms with Crippen molar-refractivity contribution in [1.29, 1.82) is 0 Å². The van der Waals surface area contributed by atoms with Crippen LogP contribution < -0.4 is 0 Å². The summed E-state index contributed by atoms with van der Waals surface area (Å²) in [6, 6.07) is 8.25. The molecule has 0 aromatic heterocycles. The SMILES string of the molecule is O=C(O)[C@H](Cc1ccccc1)/N=B/O. The Morgan fingerprint density at radius 2 is 2.07 bits per heavy atom. The summed E-state index contributed by atoms with van der Waals surface area (Å²) < 4.78 is 0. The van der Waals surface area contributed by atoms with E-state index in [9.17, 15) is 4.79 Å². The van der Waals surface area contributed by atoms with Crippen molar-refractivity contribution in [3.63, 3.8) is 0 Å². The van der Waals surface area contributed by atoms with Crippen LogP contribution in [-0.4, -0.2) is 29.4 Å². The summed E-state index contributed by atoms with van der Waals surface area (Å²) in [5.41, 5.74) is 0.880. The number of hydrogen-bond donors (Lipinski definition) is 2. The first-order chi connectivity index (χ1) is 6.74. The molecular weight excluding hydrogens is 181 g/mol. The first-order valence-electron chi connectivity index (χ1n) is 4.16. The molecule has 1 aromatic rings. The van der Waals surface area contributed by atoms with Crippen molar-refractivity contribution >= 4 is 13.2 Å². The van der Waals surface area contributed by atoms with Crippen LogP contribution >= 0.6 is 0 Å². The van der Waals surface area contributed by atoms with Gasteiger partial charge in [0.1, 0.15) is 0 Å². The molecule has 0 heterocycles. The zero-order valence-corrected chi connectivity index (χ0v) is 7.50. The Labute approximate surface area is 82.2 Å². The summed E-state index contributed by atoms with van der Waals surface area (Å²) in [6.45, 7) is 0. The minimum absolute atomic E-state index is 0.285. The second kappa shape index (κ2) is 5.16. The molecule has 72 valence electrons. The van der Waals surface area contributed by atoms with Crippen LogP contribution in [0.1, 0.15) is 5.56 Å². The van der Waals surface area contributed by atoms with Crippen molar-refractivity contribution in [2.45, 2.75) is 12.5 Å². The van der Waals surface area contributed by atoms with Crippen LogP contribution in [0.2, 0.25) is 0 Å². The van der Waals surface area contributed by atoms with Gasteiger partial charge in [-0.2, -0.15) is 0 Å². The molecule has 0 aliphatic carbocycles. The predicted octanol–water partition coefficient (Wildman–Crippen LogP) is 0.477. The number of nitrogens with zero attached hydrogens (tertiary/aromatic N) is 1. The van der Waals surface area contributed by atoms with E-state index in [4.69, 9.17) is 10.1 Å². The summed E-state index contributed by atoms with van der Waals surface area (Å²) in [5, 5.41) is 17.1. The summed E-state index contributed by atoms with van der Waals surface area (Å²) in [6.07, 6.45) is 0.285. The summed E-state index contributed by atoms with van der Waals surface area (Å²) >= 11 is 0. The Hall–Kier alpha value is -1.65. The van der Waals surface area contributed by atoms with Crippen molar-refractivity contribution in [2.24, 2.45) is 4.90 Å². The van der Waals surface area contributed by atoms with E-state index in [0.717, 1.165) is 5.56 Å². The summed E-state index contributed by atoms with van der Waals surface area (Å²) in [5.74, 6) is -1.04. The fraction of sp³-hybridized carbons (Fsp3) is 0.222. The van der Waals surface area contributed by atoms with Crippen LogP contribution in [0.25, 0.3) is 0 Å². The van der Waals surface area contributed by atoms with Gasteiger partial charge in [-0.15, -0.1) is 0 Å². The monoisotopic (exact) mass is 191 g/mol. The molecule has 0 saturated heterocycles. The number of carbonyl (C=O) groups is 1. The first kappa shape index (κ1) is 10.4. The van der Waals surface area contributed by atoms with Crippen LogP contribution in [0.3, 0.4) is 0 Å². The molecular formula is C9H10BNO3. The predicted molar refractivity (Wildman–Crippen MR) is 52.0 cm³/mol. The van der Waals surface area contributed by atoms with E-state index in [-0.39, 0.29) is 6.42 Å². The molecule has 0 saturated carbocycles. The molecule has 0 aliphatic heterocycles. The molecule has 14 heavy (non-hydrogen) atoms. The van der Waals surface area contributed by atoms with Gasteiger partial charge in [0.25, 0.3) is 0 Å². The van der Waals surface area contributed by atoms with E-state index in [1.165, 1.54) is 0 Å². The minimum atomic E-state index is -1.04. The molecule has 4 nitrogen and oxygen atoms in total. The normalized spacial score (nSPS) is 12.3. The molecule has 0 bridgehead atoms. The van der Waals surface area contributed by atoms with Gasteiger partial charge in [0.2, 0.25) is 0 Å². The number of hydrogen-bond acceptors (Lipinski definition) is 2. The van der Waals surface area contributed by atoms with Gasteiger partial charge >= 0.3 is 81.4 Å². The van der Waals surface area contributed by atoms with Crippen molar-refractivity contribution in [2.75, 3.05) is 0 Å². The van der Waals surface area contributed by atoms with Gasteiger partial charge in [0.05, 0.1) is 0 Å². The summed E-state index contributed by atoms with van der Waals surface area (Å²) in [4.78, 5) is 14.1. The van der Waals surface area contributed by atoms with E-state index in [1.54, 1.807) is 0 Å². The van der Waals surface area contributed by atoms with Gasteiger partial charge in [-0.3, -0.25) is 0 Å². The molecule has 0 spiro atoms. The standard InChI is InChI=1S/C9H10BNO3/c12-9(13)8(11-10-14)6-7-4-2-1-3-5-7/h1-5,8,14H,6H2,(H,12,13)/t8-/m0/s1. The van der Waals surface area contributed by atoms with Crippen molar-refractivity contribution in [3.8, 4) is 0 Å². The molecule has 5 heteroatoms. The topological polar surface area (TPSA) is 69.9 Å². The number of benzene rings is 1. The van der Waals surface area contributed by atoms with E-state index >= 15 is 0 Å². The van der Waals surface area contributed by atoms with Gasteiger partial charge in [-0.25, -0.2) is 0 Å². The maximum absolute atomic E-state index is 10.7. The quantitative estimate of drug-likeness (QED) is 0.679. The van der Waals surface area contributed by atoms with Gasteiger partial charge in [-0.05, 0) is 0 Å². The second-order valence-electron chi connectivity index (χ2n) is 2.81. The van der Waals surface area contributed by atoms with Gasteiger partial charge in [-0.1, -0.05) is 0 Å².